The molecule has 29 heavy (non-hydrogen) atoms. The van der Waals surface area contributed by atoms with Gasteiger partial charge in [0.25, 0.3) is 0 Å². The van der Waals surface area contributed by atoms with Gasteiger partial charge in [0, 0.05) is 24.1 Å². The van der Waals surface area contributed by atoms with E-state index < -0.39 is 6.09 Å². The minimum Gasteiger partial charge on any atom is -0.507 e. The number of hydrogen-bond donors (Lipinski definition) is 2. The van der Waals surface area contributed by atoms with Crippen LogP contribution in [0.3, 0.4) is 0 Å². The summed E-state index contributed by atoms with van der Waals surface area (Å²) in [4.78, 5) is 13.7. The molecule has 5 nitrogen and oxygen atoms in total. The maximum atomic E-state index is 12.2. The number of carbonyl (C=O) groups is 1. The number of benzene rings is 1. The van der Waals surface area contributed by atoms with Crippen molar-refractivity contribution in [2.45, 2.75) is 84.6 Å². The second kappa shape index (κ2) is 11.1. The molecule has 0 aliphatic heterocycles. The Morgan fingerprint density at radius 1 is 1.24 bits per heavy atom. The molecule has 0 saturated carbocycles. The predicted octanol–water partition coefficient (Wildman–Crippen LogP) is 6.02. The molecule has 2 rings (SSSR count). The number of aromatic hydroxyl groups is 2. The third kappa shape index (κ3) is 6.15. The van der Waals surface area contributed by atoms with Gasteiger partial charge in [-0.05, 0) is 57.1 Å². The van der Waals surface area contributed by atoms with Gasteiger partial charge in [0.1, 0.15) is 11.5 Å². The second-order valence-corrected chi connectivity index (χ2v) is 8.23. The molecule has 1 atom stereocenters. The minimum absolute atomic E-state index is 0.00420. The van der Waals surface area contributed by atoms with Gasteiger partial charge in [0.15, 0.2) is 0 Å². The minimum atomic E-state index is -0.395. The lowest BCUT2D eigenvalue weighted by Gasteiger charge is -2.26. The number of nitrogens with zero attached hydrogens (tertiary/aromatic N) is 1. The summed E-state index contributed by atoms with van der Waals surface area (Å²) in [5, 5.41) is 21.9. The average Bonchev–Trinajstić information content (AvgIpc) is 2.68. The van der Waals surface area contributed by atoms with E-state index in [0.717, 1.165) is 62.5 Å². The van der Waals surface area contributed by atoms with Gasteiger partial charge in [0.2, 0.25) is 0 Å². The van der Waals surface area contributed by atoms with Crippen LogP contribution in [-0.4, -0.2) is 34.9 Å². The van der Waals surface area contributed by atoms with Gasteiger partial charge in [-0.3, -0.25) is 0 Å². The molecule has 1 unspecified atom stereocenters. The fourth-order valence-corrected chi connectivity index (χ4v) is 4.04. The Morgan fingerprint density at radius 3 is 2.66 bits per heavy atom. The van der Waals surface area contributed by atoms with Crippen LogP contribution in [0, 0.1) is 0 Å². The summed E-state index contributed by atoms with van der Waals surface area (Å²) in [6.07, 6.45) is 9.46. The van der Waals surface area contributed by atoms with Crippen molar-refractivity contribution in [1.29, 1.82) is 0 Å². The number of rotatable bonds is 9. The van der Waals surface area contributed by atoms with Gasteiger partial charge in [-0.1, -0.05) is 38.3 Å². The van der Waals surface area contributed by atoms with E-state index in [9.17, 15) is 15.0 Å². The number of phenolic OH excluding ortho intramolecular Hbond substituents is 2. The van der Waals surface area contributed by atoms with Gasteiger partial charge < -0.3 is 19.8 Å². The highest BCUT2D eigenvalue weighted by molar-refractivity contribution is 5.68. The first-order valence-corrected chi connectivity index (χ1v) is 11.0. The van der Waals surface area contributed by atoms with Gasteiger partial charge in [-0.15, -0.1) is 0 Å². The normalized spacial score (nSPS) is 16.4. The highest BCUT2D eigenvalue weighted by Gasteiger charge is 2.26. The molecule has 2 N–H and O–H groups in total. The third-order valence-corrected chi connectivity index (χ3v) is 5.64. The van der Waals surface area contributed by atoms with E-state index in [4.69, 9.17) is 4.74 Å². The number of allylic oxidation sites excluding steroid dienone is 2. The van der Waals surface area contributed by atoms with Crippen LogP contribution in [0.25, 0.3) is 0 Å². The van der Waals surface area contributed by atoms with Crippen molar-refractivity contribution in [1.82, 2.24) is 4.90 Å². The smallest absolute Gasteiger partial charge is 0.409 e. The lowest BCUT2D eigenvalue weighted by molar-refractivity contribution is 0.109. The second-order valence-electron chi connectivity index (χ2n) is 8.23. The van der Waals surface area contributed by atoms with Crippen molar-refractivity contribution >= 4 is 6.09 Å². The number of hydrogen-bond acceptors (Lipinski definition) is 4. The third-order valence-electron chi connectivity index (χ3n) is 5.64. The molecule has 0 radical (unpaired) electrons. The topological polar surface area (TPSA) is 70.0 Å². The van der Waals surface area contributed by atoms with Gasteiger partial charge in [-0.2, -0.15) is 0 Å². The maximum absolute atomic E-state index is 12.2. The zero-order valence-electron chi connectivity index (χ0n) is 18.5. The molecule has 1 aromatic carbocycles. The van der Waals surface area contributed by atoms with Crippen molar-refractivity contribution in [3.63, 3.8) is 0 Å². The Hall–Kier alpha value is -2.17. The van der Waals surface area contributed by atoms with Crippen LogP contribution in [-0.2, 0) is 17.7 Å². The Bertz CT molecular complexity index is 726. The van der Waals surface area contributed by atoms with Gasteiger partial charge in [-0.25, -0.2) is 4.79 Å². The van der Waals surface area contributed by atoms with Crippen molar-refractivity contribution in [2.75, 3.05) is 13.7 Å². The molecular formula is C24H37NO4. The van der Waals surface area contributed by atoms with Crippen molar-refractivity contribution in [3.05, 3.63) is 34.4 Å². The summed E-state index contributed by atoms with van der Waals surface area (Å²) in [5.41, 5.74) is 3.51. The van der Waals surface area contributed by atoms with E-state index >= 15 is 0 Å². The molecule has 1 aliphatic rings. The van der Waals surface area contributed by atoms with E-state index in [1.807, 2.05) is 6.92 Å². The Labute approximate surface area is 175 Å². The number of unbranched alkanes of at least 4 members (excludes halogenated alkanes) is 2. The molecule has 0 aromatic heterocycles. The highest BCUT2D eigenvalue weighted by atomic mass is 16.6. The monoisotopic (exact) mass is 403 g/mol. The van der Waals surface area contributed by atoms with E-state index in [1.165, 1.54) is 10.5 Å². The van der Waals surface area contributed by atoms with E-state index in [2.05, 4.69) is 19.9 Å². The van der Waals surface area contributed by atoms with Crippen LogP contribution in [0.2, 0.25) is 0 Å². The SMILES string of the molecule is CCCCCc1cc(O)c(C2C=C(C)CCC2)c(O)c1CN(C)C(=O)OCCC. The van der Waals surface area contributed by atoms with Crippen LogP contribution in [0.4, 0.5) is 4.79 Å². The maximum Gasteiger partial charge on any atom is 0.409 e. The Balaban J connectivity index is 2.39. The summed E-state index contributed by atoms with van der Waals surface area (Å²) < 4.78 is 5.23. The van der Waals surface area contributed by atoms with E-state index in [-0.39, 0.29) is 24.0 Å². The molecule has 0 fully saturated rings. The summed E-state index contributed by atoms with van der Waals surface area (Å²) in [7, 11) is 1.68. The zero-order chi connectivity index (χ0) is 21.4. The van der Waals surface area contributed by atoms with Crippen LogP contribution in [0.5, 0.6) is 11.5 Å². The first-order valence-electron chi connectivity index (χ1n) is 11.0. The molecule has 1 aromatic rings. The standard InChI is InChI=1S/C24H37NO4/c1-5-7-8-11-18-15-21(26)22(19-12-9-10-17(3)14-19)23(27)20(18)16-25(4)24(28)29-13-6-2/h14-15,19,26-27H,5-13,16H2,1-4H3. The summed E-state index contributed by atoms with van der Waals surface area (Å²) in [6, 6.07) is 1.79. The lowest BCUT2D eigenvalue weighted by atomic mass is 9.83. The molecule has 0 saturated heterocycles. The molecule has 162 valence electrons. The number of phenols is 2. The van der Waals surface area contributed by atoms with Crippen molar-refractivity contribution < 1.29 is 19.7 Å². The van der Waals surface area contributed by atoms with Crippen molar-refractivity contribution in [3.8, 4) is 11.5 Å². The molecular weight excluding hydrogens is 366 g/mol. The zero-order valence-corrected chi connectivity index (χ0v) is 18.5. The van der Waals surface area contributed by atoms with E-state index in [0.29, 0.717) is 12.2 Å². The van der Waals surface area contributed by atoms with Gasteiger partial charge >= 0.3 is 6.09 Å². The molecule has 0 heterocycles. The summed E-state index contributed by atoms with van der Waals surface area (Å²) in [5.74, 6) is 0.289. The van der Waals surface area contributed by atoms with Crippen LogP contribution >= 0.6 is 0 Å². The van der Waals surface area contributed by atoms with Crippen LogP contribution < -0.4 is 0 Å². The summed E-state index contributed by atoms with van der Waals surface area (Å²) >= 11 is 0. The fourth-order valence-electron chi connectivity index (χ4n) is 4.04. The summed E-state index contributed by atoms with van der Waals surface area (Å²) in [6.45, 7) is 6.84. The highest BCUT2D eigenvalue weighted by Crippen LogP contribution is 2.44. The number of amides is 1. The Morgan fingerprint density at radius 2 is 2.00 bits per heavy atom. The first kappa shape index (κ1) is 23.1. The largest absolute Gasteiger partial charge is 0.507 e. The number of aryl methyl sites for hydroxylation is 1. The quantitative estimate of drug-likeness (QED) is 0.390. The molecule has 5 heteroatoms. The van der Waals surface area contributed by atoms with Crippen LogP contribution in [0.15, 0.2) is 17.7 Å². The van der Waals surface area contributed by atoms with Gasteiger partial charge in [0.05, 0.1) is 13.2 Å². The molecule has 0 spiro atoms. The molecule has 0 bridgehead atoms. The molecule has 1 aliphatic carbocycles. The lowest BCUT2D eigenvalue weighted by Crippen LogP contribution is -2.28. The average molecular weight is 404 g/mol. The fraction of sp³-hybridized carbons (Fsp3) is 0.625. The predicted molar refractivity (Wildman–Crippen MR) is 116 cm³/mol. The Kier molecular flexibility index (Phi) is 8.87. The molecule has 1 amide bonds. The van der Waals surface area contributed by atoms with E-state index in [1.54, 1.807) is 13.1 Å². The number of carbonyl (C=O) groups excluding carboxylic acids is 1. The van der Waals surface area contributed by atoms with Crippen LogP contribution in [0.1, 0.15) is 88.3 Å². The van der Waals surface area contributed by atoms with Crippen molar-refractivity contribution in [2.24, 2.45) is 0 Å². The number of ether oxygens (including phenoxy) is 1. The first-order chi connectivity index (χ1) is 13.9.